The molecule has 0 saturated carbocycles. The first-order chi connectivity index (χ1) is 7.24. The van der Waals surface area contributed by atoms with E-state index in [2.05, 4.69) is 10.3 Å². The van der Waals surface area contributed by atoms with Gasteiger partial charge in [-0.15, -0.1) is 4.91 Å². The van der Waals surface area contributed by atoms with Crippen molar-refractivity contribution >= 4 is 39.9 Å². The molecule has 1 aliphatic rings. The summed E-state index contributed by atoms with van der Waals surface area (Å²) >= 11 is 7.85. The van der Waals surface area contributed by atoms with E-state index < -0.39 is 0 Å². The first-order valence-corrected chi connectivity index (χ1v) is 6.04. The van der Waals surface area contributed by atoms with Gasteiger partial charge in [0.15, 0.2) is 10.8 Å². The Morgan fingerprint density at radius 2 is 2.20 bits per heavy atom. The lowest BCUT2D eigenvalue weighted by Crippen LogP contribution is -2.21. The Hall–Kier alpha value is -0.210. The lowest BCUT2D eigenvalue weighted by Gasteiger charge is -2.22. The van der Waals surface area contributed by atoms with E-state index in [-0.39, 0.29) is 16.9 Å². The van der Waals surface area contributed by atoms with Crippen LogP contribution in [-0.2, 0) is 4.74 Å². The fourth-order valence-corrected chi connectivity index (χ4v) is 2.85. The first kappa shape index (κ1) is 11.3. The summed E-state index contributed by atoms with van der Waals surface area (Å²) in [6.45, 7) is 1.45. The summed E-state index contributed by atoms with van der Waals surface area (Å²) in [6.07, 6.45) is 1.79. The molecule has 1 aromatic heterocycles. The summed E-state index contributed by atoms with van der Waals surface area (Å²) < 4.78 is 7.75. The summed E-state index contributed by atoms with van der Waals surface area (Å²) in [5, 5.41) is 7.19. The highest BCUT2D eigenvalue weighted by atomic mass is 127. The van der Waals surface area contributed by atoms with Crippen LogP contribution in [0.2, 0.25) is 5.15 Å². The van der Waals surface area contributed by atoms with E-state index in [0.29, 0.717) is 3.70 Å². The molecule has 7 heteroatoms. The largest absolute Gasteiger partial charge is 0.381 e. The number of ether oxygens (including phenoxy) is 1. The van der Waals surface area contributed by atoms with Crippen LogP contribution in [0.25, 0.3) is 0 Å². The Bertz CT molecular complexity index is 376. The van der Waals surface area contributed by atoms with Crippen LogP contribution in [0.4, 0.5) is 5.69 Å². The van der Waals surface area contributed by atoms with Gasteiger partial charge in [-0.2, -0.15) is 5.10 Å². The van der Waals surface area contributed by atoms with Crippen molar-refractivity contribution in [3.63, 3.8) is 0 Å². The molecular weight excluding hydrogens is 332 g/mol. The molecular formula is C8H9ClIN3O2. The second kappa shape index (κ2) is 4.75. The van der Waals surface area contributed by atoms with Gasteiger partial charge >= 0.3 is 0 Å². The quantitative estimate of drug-likeness (QED) is 0.614. The molecule has 0 spiro atoms. The van der Waals surface area contributed by atoms with Crippen molar-refractivity contribution in [3.05, 3.63) is 13.8 Å². The zero-order valence-corrected chi connectivity index (χ0v) is 10.7. The first-order valence-electron chi connectivity index (χ1n) is 4.58. The second-order valence-corrected chi connectivity index (χ2v) is 4.69. The van der Waals surface area contributed by atoms with Crippen molar-refractivity contribution in [3.8, 4) is 0 Å². The molecule has 1 fully saturated rings. The van der Waals surface area contributed by atoms with Crippen molar-refractivity contribution in [2.45, 2.75) is 18.9 Å². The standard InChI is InChI=1S/C8H9ClIN3O2/c9-7-6(12-14)8(10)13(11-7)5-1-3-15-4-2-5/h5H,1-4H2. The van der Waals surface area contributed by atoms with Crippen LogP contribution in [0, 0.1) is 8.61 Å². The molecule has 1 aromatic rings. The zero-order valence-electron chi connectivity index (χ0n) is 7.82. The van der Waals surface area contributed by atoms with Gasteiger partial charge in [-0.25, -0.2) is 0 Å². The lowest BCUT2D eigenvalue weighted by molar-refractivity contribution is 0.0655. The van der Waals surface area contributed by atoms with Crippen LogP contribution in [0.1, 0.15) is 18.9 Å². The molecule has 0 aliphatic carbocycles. The summed E-state index contributed by atoms with van der Waals surface area (Å²) in [6, 6.07) is 0.263. The van der Waals surface area contributed by atoms with Crippen LogP contribution in [0.5, 0.6) is 0 Å². The third kappa shape index (κ3) is 2.16. The Balaban J connectivity index is 2.31. The molecule has 2 rings (SSSR count). The highest BCUT2D eigenvalue weighted by molar-refractivity contribution is 14.1. The minimum Gasteiger partial charge on any atom is -0.381 e. The van der Waals surface area contributed by atoms with Gasteiger partial charge in [0.05, 0.1) is 6.04 Å². The van der Waals surface area contributed by atoms with Crippen molar-refractivity contribution in [1.82, 2.24) is 9.78 Å². The molecule has 1 aliphatic heterocycles. The summed E-state index contributed by atoms with van der Waals surface area (Å²) in [5.74, 6) is 0. The maximum absolute atomic E-state index is 10.5. The van der Waals surface area contributed by atoms with Gasteiger partial charge in [-0.1, -0.05) is 11.6 Å². The highest BCUT2D eigenvalue weighted by Crippen LogP contribution is 2.33. The van der Waals surface area contributed by atoms with E-state index >= 15 is 0 Å². The molecule has 0 N–H and O–H groups in total. The Labute approximate surface area is 105 Å². The maximum atomic E-state index is 10.5. The Kier molecular flexibility index (Phi) is 3.57. The molecule has 82 valence electrons. The van der Waals surface area contributed by atoms with E-state index in [1.165, 1.54) is 0 Å². The minimum absolute atomic E-state index is 0.181. The lowest BCUT2D eigenvalue weighted by atomic mass is 10.1. The van der Waals surface area contributed by atoms with E-state index in [1.54, 1.807) is 4.68 Å². The normalized spacial score (nSPS) is 18.0. The topological polar surface area (TPSA) is 56.5 Å². The molecule has 1 saturated heterocycles. The number of hydrogen-bond donors (Lipinski definition) is 0. The fraction of sp³-hybridized carbons (Fsp3) is 0.625. The van der Waals surface area contributed by atoms with Crippen molar-refractivity contribution in [1.29, 1.82) is 0 Å². The molecule has 0 aromatic carbocycles. The van der Waals surface area contributed by atoms with Crippen molar-refractivity contribution in [2.24, 2.45) is 5.18 Å². The van der Waals surface area contributed by atoms with Gasteiger partial charge in [0, 0.05) is 13.2 Å². The van der Waals surface area contributed by atoms with Gasteiger partial charge in [-0.05, 0) is 40.6 Å². The van der Waals surface area contributed by atoms with Crippen LogP contribution < -0.4 is 0 Å². The number of aromatic nitrogens is 2. The molecule has 15 heavy (non-hydrogen) atoms. The van der Waals surface area contributed by atoms with Gasteiger partial charge < -0.3 is 4.74 Å². The number of halogens is 2. The smallest absolute Gasteiger partial charge is 0.181 e. The zero-order chi connectivity index (χ0) is 10.8. The van der Waals surface area contributed by atoms with Crippen LogP contribution >= 0.6 is 34.2 Å². The highest BCUT2D eigenvalue weighted by Gasteiger charge is 2.23. The fourth-order valence-electron chi connectivity index (χ4n) is 1.63. The average molecular weight is 342 g/mol. The molecule has 0 radical (unpaired) electrons. The second-order valence-electron chi connectivity index (χ2n) is 3.31. The van der Waals surface area contributed by atoms with Crippen LogP contribution in [0.15, 0.2) is 5.18 Å². The number of nitrogens with zero attached hydrogens (tertiary/aromatic N) is 3. The van der Waals surface area contributed by atoms with E-state index in [1.807, 2.05) is 22.6 Å². The molecule has 0 atom stereocenters. The third-order valence-electron chi connectivity index (χ3n) is 2.42. The molecule has 0 bridgehead atoms. The van der Waals surface area contributed by atoms with Crippen molar-refractivity contribution < 1.29 is 4.74 Å². The molecule has 2 heterocycles. The van der Waals surface area contributed by atoms with Gasteiger partial charge in [0.2, 0.25) is 0 Å². The predicted octanol–water partition coefficient (Wildman–Crippen LogP) is 2.89. The van der Waals surface area contributed by atoms with Gasteiger partial charge in [-0.3, -0.25) is 4.68 Å². The molecule has 0 unspecified atom stereocenters. The number of hydrogen-bond acceptors (Lipinski definition) is 4. The van der Waals surface area contributed by atoms with Crippen molar-refractivity contribution in [2.75, 3.05) is 13.2 Å². The summed E-state index contributed by atoms with van der Waals surface area (Å²) in [5.41, 5.74) is 0.240. The summed E-state index contributed by atoms with van der Waals surface area (Å²) in [7, 11) is 0. The Morgan fingerprint density at radius 3 is 2.73 bits per heavy atom. The molecule has 0 amide bonds. The van der Waals surface area contributed by atoms with E-state index in [9.17, 15) is 4.91 Å². The minimum atomic E-state index is 0.181. The average Bonchev–Trinajstić information content (AvgIpc) is 2.55. The predicted molar refractivity (Wildman–Crippen MR) is 64.5 cm³/mol. The third-order valence-corrected chi connectivity index (χ3v) is 3.68. The Morgan fingerprint density at radius 1 is 1.53 bits per heavy atom. The monoisotopic (exact) mass is 341 g/mol. The molecule has 5 nitrogen and oxygen atoms in total. The van der Waals surface area contributed by atoms with E-state index in [0.717, 1.165) is 26.1 Å². The van der Waals surface area contributed by atoms with Crippen LogP contribution in [-0.4, -0.2) is 23.0 Å². The van der Waals surface area contributed by atoms with E-state index in [4.69, 9.17) is 16.3 Å². The maximum Gasteiger partial charge on any atom is 0.181 e. The summed E-state index contributed by atoms with van der Waals surface area (Å²) in [4.78, 5) is 10.5. The number of rotatable bonds is 2. The van der Waals surface area contributed by atoms with Gasteiger partial charge in [0.25, 0.3) is 0 Å². The van der Waals surface area contributed by atoms with Gasteiger partial charge in [0.1, 0.15) is 3.70 Å². The SMILES string of the molecule is O=Nc1c(Cl)nn(C2CCOCC2)c1I. The van der Waals surface area contributed by atoms with Crippen LogP contribution in [0.3, 0.4) is 0 Å². The number of nitroso groups, excluding NO2 is 1.